The molecule has 1 heterocycles. The van der Waals surface area contributed by atoms with Crippen LogP contribution >= 0.6 is 0 Å². The van der Waals surface area contributed by atoms with Gasteiger partial charge in [0.25, 0.3) is 0 Å². The maximum absolute atomic E-state index is 5.14. The summed E-state index contributed by atoms with van der Waals surface area (Å²) in [5.41, 5.74) is 0. The van der Waals surface area contributed by atoms with Gasteiger partial charge >= 0.3 is 0 Å². The average molecular weight is 97.1 g/mol. The summed E-state index contributed by atoms with van der Waals surface area (Å²) in [4.78, 5) is 0. The molecular formula is C6H9O. The first-order chi connectivity index (χ1) is 3.29. The van der Waals surface area contributed by atoms with Crippen LogP contribution in [0.25, 0.3) is 0 Å². The van der Waals surface area contributed by atoms with Crippen LogP contribution in [0.15, 0.2) is 11.8 Å². The molecule has 0 N–H and O–H groups in total. The van der Waals surface area contributed by atoms with Crippen molar-refractivity contribution < 1.29 is 4.74 Å². The van der Waals surface area contributed by atoms with Crippen molar-refractivity contribution in [3.8, 4) is 0 Å². The van der Waals surface area contributed by atoms with E-state index in [4.69, 9.17) is 4.74 Å². The minimum absolute atomic E-state index is 1.01. The topological polar surface area (TPSA) is 9.23 Å². The highest BCUT2D eigenvalue weighted by molar-refractivity contribution is 5.03. The number of hydrogen-bond donors (Lipinski definition) is 0. The molecule has 0 fully saturated rings. The van der Waals surface area contributed by atoms with Crippen LogP contribution in [0, 0.1) is 6.10 Å². The summed E-state index contributed by atoms with van der Waals surface area (Å²) in [6, 6.07) is 0. The fraction of sp³-hybridized carbons (Fsp3) is 0.500. The minimum Gasteiger partial charge on any atom is -0.488 e. The highest BCUT2D eigenvalue weighted by atomic mass is 16.5. The number of hydrogen-bond acceptors (Lipinski definition) is 1. The molecule has 0 aromatic carbocycles. The van der Waals surface area contributed by atoms with E-state index in [-0.39, 0.29) is 0 Å². The summed E-state index contributed by atoms with van der Waals surface area (Å²) in [5.74, 6) is 1.04. The van der Waals surface area contributed by atoms with Crippen molar-refractivity contribution in [3.05, 3.63) is 17.9 Å². The van der Waals surface area contributed by atoms with Crippen LogP contribution in [0.3, 0.4) is 0 Å². The highest BCUT2D eigenvalue weighted by Crippen LogP contribution is 2.20. The van der Waals surface area contributed by atoms with Crippen LogP contribution in [0.2, 0.25) is 0 Å². The lowest BCUT2D eigenvalue weighted by Crippen LogP contribution is -1.84. The van der Waals surface area contributed by atoms with E-state index < -0.39 is 0 Å². The Labute approximate surface area is 44.0 Å². The molecule has 1 aliphatic heterocycles. The van der Waals surface area contributed by atoms with E-state index in [0.717, 1.165) is 18.3 Å². The standard InChI is InChI=1S/C6H9O/c1-5-3-4-6(2)7-5/h3H,4H2,1-2H3. The second kappa shape index (κ2) is 1.57. The summed E-state index contributed by atoms with van der Waals surface area (Å²) in [6.45, 7) is 3.96. The summed E-state index contributed by atoms with van der Waals surface area (Å²) < 4.78 is 5.14. The Morgan fingerprint density at radius 2 is 2.29 bits per heavy atom. The number of ether oxygens (including phenoxy) is 1. The molecule has 1 aliphatic rings. The first-order valence-electron chi connectivity index (χ1n) is 2.46. The van der Waals surface area contributed by atoms with Crippen LogP contribution < -0.4 is 0 Å². The Hall–Kier alpha value is -0.460. The predicted molar refractivity (Wildman–Crippen MR) is 28.4 cm³/mol. The lowest BCUT2D eigenvalue weighted by molar-refractivity contribution is 0.254. The normalized spacial score (nSPS) is 21.7. The van der Waals surface area contributed by atoms with Gasteiger partial charge in [-0.15, -0.1) is 0 Å². The predicted octanol–water partition coefficient (Wildman–Crippen LogP) is 1.86. The van der Waals surface area contributed by atoms with Gasteiger partial charge in [-0.05, 0) is 19.9 Å². The van der Waals surface area contributed by atoms with Gasteiger partial charge < -0.3 is 4.74 Å². The van der Waals surface area contributed by atoms with Gasteiger partial charge in [0.15, 0.2) is 0 Å². The zero-order valence-electron chi connectivity index (χ0n) is 4.69. The largest absolute Gasteiger partial charge is 0.488 e. The molecule has 0 aromatic rings. The average Bonchev–Trinajstić information content (AvgIpc) is 1.87. The first kappa shape index (κ1) is 4.69. The lowest BCUT2D eigenvalue weighted by atomic mass is 10.3. The van der Waals surface area contributed by atoms with Crippen molar-refractivity contribution in [2.24, 2.45) is 0 Å². The molecule has 0 bridgehead atoms. The van der Waals surface area contributed by atoms with Gasteiger partial charge in [0.05, 0.1) is 5.76 Å². The van der Waals surface area contributed by atoms with Gasteiger partial charge in [-0.2, -0.15) is 0 Å². The fourth-order valence-electron chi connectivity index (χ4n) is 0.646. The van der Waals surface area contributed by atoms with E-state index in [1.165, 1.54) is 0 Å². The third kappa shape index (κ3) is 0.952. The van der Waals surface area contributed by atoms with Gasteiger partial charge in [-0.1, -0.05) is 0 Å². The molecule has 0 saturated heterocycles. The molecule has 1 radical (unpaired) electrons. The fourth-order valence-corrected chi connectivity index (χ4v) is 0.646. The molecule has 0 spiro atoms. The summed E-state index contributed by atoms with van der Waals surface area (Å²) in [7, 11) is 0. The van der Waals surface area contributed by atoms with Gasteiger partial charge in [0.2, 0.25) is 0 Å². The second-order valence-corrected chi connectivity index (χ2v) is 1.82. The molecule has 39 valence electrons. The zero-order chi connectivity index (χ0) is 5.28. The van der Waals surface area contributed by atoms with E-state index >= 15 is 0 Å². The summed E-state index contributed by atoms with van der Waals surface area (Å²) in [5, 5.41) is 0. The zero-order valence-corrected chi connectivity index (χ0v) is 4.69. The van der Waals surface area contributed by atoms with Crippen molar-refractivity contribution in [1.82, 2.24) is 0 Å². The molecule has 0 saturated carbocycles. The molecule has 1 heteroatoms. The summed E-state index contributed by atoms with van der Waals surface area (Å²) in [6.07, 6.45) is 4.19. The van der Waals surface area contributed by atoms with Crippen LogP contribution in [-0.2, 0) is 4.74 Å². The Morgan fingerprint density at radius 3 is 2.43 bits per heavy atom. The third-order valence-corrected chi connectivity index (χ3v) is 1.01. The Balaban J connectivity index is 2.42. The molecule has 0 amide bonds. The first-order valence-corrected chi connectivity index (χ1v) is 2.46. The minimum atomic E-state index is 1.01. The number of allylic oxidation sites excluding steroid dienone is 1. The Bertz CT molecular complexity index is 94.4. The summed E-state index contributed by atoms with van der Waals surface area (Å²) >= 11 is 0. The second-order valence-electron chi connectivity index (χ2n) is 1.82. The maximum Gasteiger partial charge on any atom is 0.149 e. The van der Waals surface area contributed by atoms with Crippen molar-refractivity contribution in [2.45, 2.75) is 20.3 Å². The van der Waals surface area contributed by atoms with E-state index in [2.05, 4.69) is 6.08 Å². The Kier molecular flexibility index (Phi) is 1.05. The van der Waals surface area contributed by atoms with Crippen molar-refractivity contribution in [3.63, 3.8) is 0 Å². The molecule has 1 rings (SSSR count). The SMILES string of the molecule is C[C]1CC=C(C)O1. The molecule has 0 aliphatic carbocycles. The molecule has 0 unspecified atom stereocenters. The van der Waals surface area contributed by atoms with E-state index in [0.29, 0.717) is 0 Å². The molecule has 1 nitrogen and oxygen atoms in total. The van der Waals surface area contributed by atoms with Gasteiger partial charge in [0, 0.05) is 6.42 Å². The van der Waals surface area contributed by atoms with Crippen LogP contribution in [0.1, 0.15) is 20.3 Å². The van der Waals surface area contributed by atoms with Crippen molar-refractivity contribution >= 4 is 0 Å². The maximum atomic E-state index is 5.14. The lowest BCUT2D eigenvalue weighted by Gasteiger charge is -2.00. The van der Waals surface area contributed by atoms with Crippen LogP contribution in [-0.4, -0.2) is 0 Å². The molecule has 7 heavy (non-hydrogen) atoms. The molecular weight excluding hydrogens is 88.1 g/mol. The molecule has 0 aromatic heterocycles. The number of rotatable bonds is 0. The monoisotopic (exact) mass is 97.1 g/mol. The Morgan fingerprint density at radius 1 is 1.57 bits per heavy atom. The van der Waals surface area contributed by atoms with Crippen molar-refractivity contribution in [2.75, 3.05) is 0 Å². The van der Waals surface area contributed by atoms with Crippen LogP contribution in [0.4, 0.5) is 0 Å². The van der Waals surface area contributed by atoms with Gasteiger partial charge in [-0.3, -0.25) is 0 Å². The van der Waals surface area contributed by atoms with Gasteiger partial charge in [0.1, 0.15) is 6.10 Å². The van der Waals surface area contributed by atoms with E-state index in [9.17, 15) is 0 Å². The highest BCUT2D eigenvalue weighted by Gasteiger charge is 2.08. The van der Waals surface area contributed by atoms with E-state index in [1.54, 1.807) is 0 Å². The molecule has 0 atom stereocenters. The quantitative estimate of drug-likeness (QED) is 0.448. The van der Waals surface area contributed by atoms with Crippen LogP contribution in [0.5, 0.6) is 0 Å². The van der Waals surface area contributed by atoms with Gasteiger partial charge in [-0.25, -0.2) is 0 Å². The third-order valence-electron chi connectivity index (χ3n) is 1.01. The van der Waals surface area contributed by atoms with E-state index in [1.807, 2.05) is 13.8 Å². The van der Waals surface area contributed by atoms with Crippen molar-refractivity contribution in [1.29, 1.82) is 0 Å². The smallest absolute Gasteiger partial charge is 0.149 e.